The Bertz CT molecular complexity index is 1050. The second kappa shape index (κ2) is 11.0. The van der Waals surface area contributed by atoms with Crippen LogP contribution in [0, 0.1) is 0 Å². The van der Waals surface area contributed by atoms with E-state index in [2.05, 4.69) is 27.4 Å². The zero-order valence-electron chi connectivity index (χ0n) is 17.1. The molecule has 8 nitrogen and oxygen atoms in total. The van der Waals surface area contributed by atoms with Gasteiger partial charge in [-0.15, -0.1) is 16.8 Å². The molecule has 0 unspecified atom stereocenters. The van der Waals surface area contributed by atoms with E-state index in [0.717, 1.165) is 0 Å². The lowest BCUT2D eigenvalue weighted by molar-refractivity contribution is -0.113. The van der Waals surface area contributed by atoms with Gasteiger partial charge in [0.25, 0.3) is 5.91 Å². The molecule has 1 heterocycles. The SMILES string of the molecule is C=CCn1c(CNC(=O)c2ccccc2)nnc1SCC(=O)Nc1cccc(OC)c1. The molecule has 0 bridgehead atoms. The first kappa shape index (κ1) is 22.1. The zero-order chi connectivity index (χ0) is 22.1. The molecule has 2 aromatic carbocycles. The average Bonchev–Trinajstić information content (AvgIpc) is 3.18. The Labute approximate surface area is 184 Å². The second-order valence-corrected chi connectivity index (χ2v) is 7.36. The molecule has 0 saturated carbocycles. The van der Waals surface area contributed by atoms with E-state index >= 15 is 0 Å². The number of ether oxygens (including phenoxy) is 1. The van der Waals surface area contributed by atoms with Crippen LogP contribution in [0.1, 0.15) is 16.2 Å². The van der Waals surface area contributed by atoms with Gasteiger partial charge in [-0.05, 0) is 24.3 Å². The lowest BCUT2D eigenvalue weighted by atomic mass is 10.2. The third-order valence-corrected chi connectivity index (χ3v) is 5.20. The Kier molecular flexibility index (Phi) is 7.83. The third-order valence-electron chi connectivity index (χ3n) is 4.23. The molecule has 0 radical (unpaired) electrons. The Morgan fingerprint density at radius 1 is 1.16 bits per heavy atom. The van der Waals surface area contributed by atoms with Crippen LogP contribution in [0.15, 0.2) is 72.4 Å². The fourth-order valence-corrected chi connectivity index (χ4v) is 3.51. The second-order valence-electron chi connectivity index (χ2n) is 6.42. The number of carbonyl (C=O) groups is 2. The molecule has 0 aliphatic carbocycles. The molecule has 3 rings (SSSR count). The Balaban J connectivity index is 1.59. The van der Waals surface area contributed by atoms with E-state index in [1.54, 1.807) is 61.7 Å². The number of amides is 2. The average molecular weight is 438 g/mol. The van der Waals surface area contributed by atoms with Gasteiger partial charge in [-0.3, -0.25) is 9.59 Å². The van der Waals surface area contributed by atoms with E-state index in [4.69, 9.17) is 4.74 Å². The molecule has 1 aromatic heterocycles. The van der Waals surface area contributed by atoms with Gasteiger partial charge in [0.15, 0.2) is 11.0 Å². The molecule has 0 aliphatic heterocycles. The van der Waals surface area contributed by atoms with Crippen LogP contribution in [0.5, 0.6) is 5.75 Å². The number of hydrogen-bond donors (Lipinski definition) is 2. The molecule has 160 valence electrons. The third kappa shape index (κ3) is 6.19. The largest absolute Gasteiger partial charge is 0.497 e. The summed E-state index contributed by atoms with van der Waals surface area (Å²) >= 11 is 1.26. The lowest BCUT2D eigenvalue weighted by Gasteiger charge is -2.09. The standard InChI is InChI=1S/C22H23N5O3S/c1-3-12-27-19(14-23-21(29)16-8-5-4-6-9-16)25-26-22(27)31-15-20(28)24-17-10-7-11-18(13-17)30-2/h3-11,13H,1,12,14-15H2,2H3,(H,23,29)(H,24,28). The van der Waals surface area contributed by atoms with Gasteiger partial charge in [-0.1, -0.05) is 42.1 Å². The summed E-state index contributed by atoms with van der Waals surface area (Å²) in [6.07, 6.45) is 1.71. The summed E-state index contributed by atoms with van der Waals surface area (Å²) in [6, 6.07) is 16.1. The quantitative estimate of drug-likeness (QED) is 0.374. The maximum Gasteiger partial charge on any atom is 0.251 e. The summed E-state index contributed by atoms with van der Waals surface area (Å²) in [5.74, 6) is 1.03. The van der Waals surface area contributed by atoms with Crippen molar-refractivity contribution in [3.05, 3.63) is 78.6 Å². The minimum Gasteiger partial charge on any atom is -0.497 e. The molecule has 0 spiro atoms. The lowest BCUT2D eigenvalue weighted by Crippen LogP contribution is -2.24. The van der Waals surface area contributed by atoms with Gasteiger partial charge in [0.05, 0.1) is 19.4 Å². The first-order valence-electron chi connectivity index (χ1n) is 9.53. The molecule has 9 heteroatoms. The minimum atomic E-state index is -0.194. The van der Waals surface area contributed by atoms with Gasteiger partial charge in [0, 0.05) is 23.9 Å². The molecular weight excluding hydrogens is 414 g/mol. The van der Waals surface area contributed by atoms with E-state index in [1.165, 1.54) is 11.8 Å². The number of carbonyl (C=O) groups excluding carboxylic acids is 2. The number of anilines is 1. The normalized spacial score (nSPS) is 10.4. The maximum absolute atomic E-state index is 12.3. The molecule has 3 aromatic rings. The molecule has 0 aliphatic rings. The molecule has 0 atom stereocenters. The van der Waals surface area contributed by atoms with E-state index < -0.39 is 0 Å². The summed E-state index contributed by atoms with van der Waals surface area (Å²) in [4.78, 5) is 24.6. The van der Waals surface area contributed by atoms with E-state index in [-0.39, 0.29) is 24.1 Å². The van der Waals surface area contributed by atoms with Gasteiger partial charge in [0.2, 0.25) is 5.91 Å². The van der Waals surface area contributed by atoms with Crippen LogP contribution in [0.2, 0.25) is 0 Å². The van der Waals surface area contributed by atoms with Crippen molar-refractivity contribution in [1.29, 1.82) is 0 Å². The predicted octanol–water partition coefficient (Wildman–Crippen LogP) is 3.13. The number of benzene rings is 2. The van der Waals surface area contributed by atoms with Gasteiger partial charge in [-0.25, -0.2) is 0 Å². The van der Waals surface area contributed by atoms with E-state index in [9.17, 15) is 9.59 Å². The first-order chi connectivity index (χ1) is 15.1. The summed E-state index contributed by atoms with van der Waals surface area (Å²) in [7, 11) is 1.57. The topological polar surface area (TPSA) is 98.1 Å². The monoisotopic (exact) mass is 437 g/mol. The number of nitrogens with one attached hydrogen (secondary N) is 2. The zero-order valence-corrected chi connectivity index (χ0v) is 17.9. The van der Waals surface area contributed by atoms with Crippen molar-refractivity contribution in [2.24, 2.45) is 0 Å². The van der Waals surface area contributed by atoms with Gasteiger partial charge >= 0.3 is 0 Å². The van der Waals surface area contributed by atoms with Gasteiger partial charge in [-0.2, -0.15) is 0 Å². The Morgan fingerprint density at radius 3 is 2.71 bits per heavy atom. The molecular formula is C22H23N5O3S. The number of thioether (sulfide) groups is 1. The molecule has 0 saturated heterocycles. The van der Waals surface area contributed by atoms with Crippen molar-refractivity contribution in [1.82, 2.24) is 20.1 Å². The number of rotatable bonds is 10. The number of aromatic nitrogens is 3. The molecule has 31 heavy (non-hydrogen) atoms. The predicted molar refractivity (Wildman–Crippen MR) is 120 cm³/mol. The number of nitrogens with zero attached hydrogens (tertiary/aromatic N) is 3. The van der Waals surface area contributed by atoms with Crippen molar-refractivity contribution in [3.63, 3.8) is 0 Å². The van der Waals surface area contributed by atoms with Crippen molar-refractivity contribution in [2.75, 3.05) is 18.2 Å². The van der Waals surface area contributed by atoms with Crippen molar-refractivity contribution in [2.45, 2.75) is 18.2 Å². The Morgan fingerprint density at radius 2 is 1.97 bits per heavy atom. The van der Waals surface area contributed by atoms with Gasteiger partial charge < -0.3 is 19.9 Å². The highest BCUT2D eigenvalue weighted by Crippen LogP contribution is 2.20. The van der Waals surface area contributed by atoms with E-state index in [1.807, 2.05) is 10.6 Å². The van der Waals surface area contributed by atoms with Crippen molar-refractivity contribution < 1.29 is 14.3 Å². The summed E-state index contributed by atoms with van der Waals surface area (Å²) in [6.45, 7) is 4.44. The van der Waals surface area contributed by atoms with E-state index in [0.29, 0.717) is 34.5 Å². The highest BCUT2D eigenvalue weighted by molar-refractivity contribution is 7.99. The fourth-order valence-electron chi connectivity index (χ4n) is 2.75. The summed E-state index contributed by atoms with van der Waals surface area (Å²) in [5, 5.41) is 14.6. The number of methoxy groups -OCH3 is 1. The van der Waals surface area contributed by atoms with Crippen molar-refractivity contribution >= 4 is 29.3 Å². The summed E-state index contributed by atoms with van der Waals surface area (Å²) in [5.41, 5.74) is 1.22. The number of allylic oxidation sites excluding steroid dienone is 1. The molecule has 2 amide bonds. The minimum absolute atomic E-state index is 0.156. The van der Waals surface area contributed by atoms with Crippen molar-refractivity contribution in [3.8, 4) is 5.75 Å². The number of hydrogen-bond acceptors (Lipinski definition) is 6. The molecule has 2 N–H and O–H groups in total. The highest BCUT2D eigenvalue weighted by Gasteiger charge is 2.15. The summed E-state index contributed by atoms with van der Waals surface area (Å²) < 4.78 is 6.98. The van der Waals surface area contributed by atoms with Crippen LogP contribution in [0.3, 0.4) is 0 Å². The van der Waals surface area contributed by atoms with Crippen LogP contribution >= 0.6 is 11.8 Å². The maximum atomic E-state index is 12.3. The smallest absolute Gasteiger partial charge is 0.251 e. The highest BCUT2D eigenvalue weighted by atomic mass is 32.2. The van der Waals surface area contributed by atoms with Crippen LogP contribution < -0.4 is 15.4 Å². The Hall–Kier alpha value is -3.59. The van der Waals surface area contributed by atoms with Crippen LogP contribution in [0.25, 0.3) is 0 Å². The van der Waals surface area contributed by atoms with Crippen LogP contribution in [0.4, 0.5) is 5.69 Å². The first-order valence-corrected chi connectivity index (χ1v) is 10.5. The van der Waals surface area contributed by atoms with Crippen LogP contribution in [-0.2, 0) is 17.9 Å². The molecule has 0 fully saturated rings. The van der Waals surface area contributed by atoms with Gasteiger partial charge in [0.1, 0.15) is 5.75 Å². The van der Waals surface area contributed by atoms with Crippen LogP contribution in [-0.4, -0.2) is 39.4 Å². The fraction of sp³-hybridized carbons (Fsp3) is 0.182.